The lowest BCUT2D eigenvalue weighted by atomic mass is 10.5. The van der Waals surface area contributed by atoms with E-state index >= 15 is 0 Å². The fraction of sp³-hybridized carbons (Fsp3) is 0.143. The Bertz CT molecular complexity index is 537. The minimum absolute atomic E-state index is 0.143. The number of nitrogens with two attached hydrogens (primary N) is 1. The maximum absolute atomic E-state index is 10.5. The average Bonchev–Trinajstić information content (AvgIpc) is 2.45. The van der Waals surface area contributed by atoms with Crippen molar-refractivity contribution in [2.75, 3.05) is 0 Å². The minimum Gasteiger partial charge on any atom is -0.373 e. The zero-order chi connectivity index (χ0) is 11.0. The molecule has 2 rings (SSSR count). The molecule has 7 nitrogen and oxygen atoms in total. The van der Waals surface area contributed by atoms with Crippen molar-refractivity contribution in [1.29, 1.82) is 0 Å². The standard InChI is InChI=1S/C7H7N5O2S/c1-3-2-4(15)12-6(9-3)10-7(11-12)14-5(8)13/h2,15H,1H3,(H2,8,13). The molecule has 0 fully saturated rings. The monoisotopic (exact) mass is 225 g/mol. The highest BCUT2D eigenvalue weighted by molar-refractivity contribution is 7.80. The average molecular weight is 225 g/mol. The summed E-state index contributed by atoms with van der Waals surface area (Å²) in [5.74, 6) is 0.302. The van der Waals surface area contributed by atoms with Gasteiger partial charge in [-0.1, -0.05) is 0 Å². The summed E-state index contributed by atoms with van der Waals surface area (Å²) >= 11 is 4.17. The molecule has 2 aromatic rings. The lowest BCUT2D eigenvalue weighted by Gasteiger charge is -1.96. The van der Waals surface area contributed by atoms with E-state index in [1.54, 1.807) is 13.0 Å². The number of primary amides is 1. The number of fused-ring (bicyclic) bond motifs is 1. The minimum atomic E-state index is -0.969. The van der Waals surface area contributed by atoms with Crippen molar-refractivity contribution >= 4 is 24.5 Å². The van der Waals surface area contributed by atoms with Gasteiger partial charge in [0.05, 0.1) is 0 Å². The molecule has 0 radical (unpaired) electrons. The highest BCUT2D eigenvalue weighted by Gasteiger charge is 2.10. The molecule has 15 heavy (non-hydrogen) atoms. The smallest absolute Gasteiger partial charge is 0.373 e. The molecule has 78 valence electrons. The molecule has 2 N–H and O–H groups in total. The van der Waals surface area contributed by atoms with E-state index in [9.17, 15) is 4.79 Å². The number of carbonyl (C=O) groups is 1. The van der Waals surface area contributed by atoms with Gasteiger partial charge >= 0.3 is 12.1 Å². The van der Waals surface area contributed by atoms with Crippen LogP contribution in [0.3, 0.4) is 0 Å². The third kappa shape index (κ3) is 1.84. The third-order valence-corrected chi connectivity index (χ3v) is 1.91. The Hall–Kier alpha value is -1.83. The molecule has 0 saturated carbocycles. The van der Waals surface area contributed by atoms with Gasteiger partial charge in [0, 0.05) is 5.69 Å². The van der Waals surface area contributed by atoms with Gasteiger partial charge in [0.25, 0.3) is 5.78 Å². The number of aryl methyl sites for hydroxylation is 1. The Morgan fingerprint density at radius 2 is 2.33 bits per heavy atom. The van der Waals surface area contributed by atoms with E-state index in [-0.39, 0.29) is 6.01 Å². The quantitative estimate of drug-likeness (QED) is 0.533. The fourth-order valence-corrected chi connectivity index (χ4v) is 1.40. The molecule has 2 heterocycles. The van der Waals surface area contributed by atoms with Crippen LogP contribution in [0, 0.1) is 6.92 Å². The van der Waals surface area contributed by atoms with Crippen molar-refractivity contribution in [1.82, 2.24) is 19.6 Å². The van der Waals surface area contributed by atoms with Crippen molar-refractivity contribution in [3.05, 3.63) is 11.8 Å². The lowest BCUT2D eigenvalue weighted by Crippen LogP contribution is -2.17. The Labute approximate surface area is 89.7 Å². The van der Waals surface area contributed by atoms with Gasteiger partial charge in [-0.3, -0.25) is 0 Å². The molecule has 8 heteroatoms. The first-order valence-corrected chi connectivity index (χ1v) is 4.41. The molecule has 0 aliphatic rings. The van der Waals surface area contributed by atoms with E-state index in [2.05, 4.69) is 32.4 Å². The van der Waals surface area contributed by atoms with Crippen LogP contribution in [-0.4, -0.2) is 25.7 Å². The molecular weight excluding hydrogens is 218 g/mol. The van der Waals surface area contributed by atoms with Gasteiger partial charge in [-0.2, -0.15) is 9.50 Å². The van der Waals surface area contributed by atoms with Crippen molar-refractivity contribution in [3.8, 4) is 6.01 Å². The normalized spacial score (nSPS) is 10.5. The van der Waals surface area contributed by atoms with E-state index in [4.69, 9.17) is 5.73 Å². The molecule has 1 amide bonds. The number of ether oxygens (including phenoxy) is 1. The maximum Gasteiger partial charge on any atom is 0.412 e. The van der Waals surface area contributed by atoms with E-state index in [0.717, 1.165) is 5.69 Å². The predicted molar refractivity (Wildman–Crippen MR) is 53.0 cm³/mol. The third-order valence-electron chi connectivity index (χ3n) is 1.59. The molecule has 0 atom stereocenters. The highest BCUT2D eigenvalue weighted by atomic mass is 32.1. The van der Waals surface area contributed by atoms with E-state index in [0.29, 0.717) is 10.8 Å². The van der Waals surface area contributed by atoms with Crippen LogP contribution >= 0.6 is 12.6 Å². The van der Waals surface area contributed by atoms with Crippen LogP contribution in [0.25, 0.3) is 5.78 Å². The summed E-state index contributed by atoms with van der Waals surface area (Å²) in [7, 11) is 0. The van der Waals surface area contributed by atoms with Crippen molar-refractivity contribution in [2.24, 2.45) is 5.73 Å². The van der Waals surface area contributed by atoms with Gasteiger partial charge in [0.2, 0.25) is 0 Å². The highest BCUT2D eigenvalue weighted by Crippen LogP contribution is 2.12. The van der Waals surface area contributed by atoms with Crippen LogP contribution in [0.15, 0.2) is 11.1 Å². The van der Waals surface area contributed by atoms with Gasteiger partial charge in [-0.25, -0.2) is 9.78 Å². The summed E-state index contributed by atoms with van der Waals surface area (Å²) in [5.41, 5.74) is 5.57. The van der Waals surface area contributed by atoms with Crippen LogP contribution in [0.2, 0.25) is 0 Å². The summed E-state index contributed by atoms with van der Waals surface area (Å²) in [5, 5.41) is 4.38. The summed E-state index contributed by atoms with van der Waals surface area (Å²) in [6.07, 6.45) is -0.969. The predicted octanol–water partition coefficient (Wildman–Crippen LogP) is 0.179. The molecule has 2 aromatic heterocycles. The Morgan fingerprint density at radius 1 is 1.60 bits per heavy atom. The first kappa shape index (κ1) is 9.71. The Kier molecular flexibility index (Phi) is 2.19. The zero-order valence-corrected chi connectivity index (χ0v) is 8.60. The van der Waals surface area contributed by atoms with Crippen LogP contribution in [0.1, 0.15) is 5.69 Å². The molecule has 0 spiro atoms. The largest absolute Gasteiger partial charge is 0.412 e. The van der Waals surface area contributed by atoms with Gasteiger partial charge in [-0.15, -0.1) is 17.7 Å². The van der Waals surface area contributed by atoms with Crippen LogP contribution in [0.5, 0.6) is 6.01 Å². The van der Waals surface area contributed by atoms with Crippen molar-refractivity contribution in [3.63, 3.8) is 0 Å². The number of thiol groups is 1. The van der Waals surface area contributed by atoms with E-state index in [1.165, 1.54) is 4.52 Å². The van der Waals surface area contributed by atoms with Crippen LogP contribution in [0.4, 0.5) is 4.79 Å². The van der Waals surface area contributed by atoms with Gasteiger partial charge in [0.1, 0.15) is 5.03 Å². The SMILES string of the molecule is Cc1cc(S)n2nc(OC(N)=O)nc2n1. The van der Waals surface area contributed by atoms with E-state index in [1.807, 2.05) is 0 Å². The molecule has 0 aromatic carbocycles. The Morgan fingerprint density at radius 3 is 3.00 bits per heavy atom. The summed E-state index contributed by atoms with van der Waals surface area (Å²) < 4.78 is 5.86. The molecule has 0 aliphatic carbocycles. The lowest BCUT2D eigenvalue weighted by molar-refractivity contribution is 0.207. The van der Waals surface area contributed by atoms with Gasteiger partial charge < -0.3 is 10.5 Å². The second-order valence-corrected chi connectivity index (χ2v) is 3.24. The van der Waals surface area contributed by atoms with Crippen LogP contribution < -0.4 is 10.5 Å². The summed E-state index contributed by atoms with van der Waals surface area (Å²) in [4.78, 5) is 18.4. The second kappa shape index (κ2) is 3.39. The van der Waals surface area contributed by atoms with Crippen molar-refractivity contribution in [2.45, 2.75) is 11.9 Å². The molecule has 0 saturated heterocycles. The van der Waals surface area contributed by atoms with Crippen LogP contribution in [-0.2, 0) is 0 Å². The number of hydrogen-bond acceptors (Lipinski definition) is 6. The first-order valence-electron chi connectivity index (χ1n) is 3.97. The summed E-state index contributed by atoms with van der Waals surface area (Å²) in [6.45, 7) is 1.79. The van der Waals surface area contributed by atoms with Gasteiger partial charge in [0.15, 0.2) is 0 Å². The Balaban J connectivity index is 2.55. The van der Waals surface area contributed by atoms with E-state index < -0.39 is 6.09 Å². The maximum atomic E-state index is 10.5. The number of carbonyl (C=O) groups excluding carboxylic acids is 1. The number of aromatic nitrogens is 4. The molecule has 0 aliphatic heterocycles. The number of nitrogens with zero attached hydrogens (tertiary/aromatic N) is 4. The van der Waals surface area contributed by atoms with Crippen molar-refractivity contribution < 1.29 is 9.53 Å². The first-order chi connectivity index (χ1) is 7.06. The second-order valence-electron chi connectivity index (χ2n) is 2.78. The molecular formula is C7H7N5O2S. The zero-order valence-electron chi connectivity index (χ0n) is 7.71. The molecule has 0 unspecified atom stereocenters. The topological polar surface area (TPSA) is 95.4 Å². The number of rotatable bonds is 1. The number of hydrogen-bond donors (Lipinski definition) is 2. The summed E-state index contributed by atoms with van der Waals surface area (Å²) in [6, 6.07) is 1.56. The molecule has 0 bridgehead atoms. The number of amides is 1. The fourth-order valence-electron chi connectivity index (χ4n) is 1.08. The van der Waals surface area contributed by atoms with Gasteiger partial charge in [-0.05, 0) is 13.0 Å².